The zero-order valence-corrected chi connectivity index (χ0v) is 11.7. The molecule has 2 heterocycles. The molecule has 2 saturated heterocycles. The number of hydrogen-bond acceptors (Lipinski definition) is 5. The van der Waals surface area contributed by atoms with Gasteiger partial charge in [0.15, 0.2) is 0 Å². The number of amides is 2. The van der Waals surface area contributed by atoms with Crippen LogP contribution in [0, 0.1) is 0 Å². The molecule has 20 heavy (non-hydrogen) atoms. The van der Waals surface area contributed by atoms with Gasteiger partial charge in [-0.25, -0.2) is 0 Å². The lowest BCUT2D eigenvalue weighted by Crippen LogP contribution is -2.53. The summed E-state index contributed by atoms with van der Waals surface area (Å²) in [6.45, 7) is 5.77. The maximum absolute atomic E-state index is 11.5. The van der Waals surface area contributed by atoms with Gasteiger partial charge >= 0.3 is 5.97 Å². The number of hydrogen-bond donors (Lipinski definition) is 1. The summed E-state index contributed by atoms with van der Waals surface area (Å²) >= 11 is 0. The third-order valence-electron chi connectivity index (χ3n) is 4.11. The number of carbonyl (C=O) groups is 3. The number of carbonyl (C=O) groups excluding carboxylic acids is 2. The van der Waals surface area contributed by atoms with Crippen LogP contribution < -0.4 is 0 Å². The second-order valence-corrected chi connectivity index (χ2v) is 5.33. The Kier molecular flexibility index (Phi) is 4.72. The van der Waals surface area contributed by atoms with Crippen molar-refractivity contribution >= 4 is 17.8 Å². The van der Waals surface area contributed by atoms with Crippen molar-refractivity contribution in [2.45, 2.75) is 25.8 Å². The number of carboxylic acid groups (broad SMARTS) is 1. The maximum Gasteiger partial charge on any atom is 0.320 e. The smallest absolute Gasteiger partial charge is 0.320 e. The van der Waals surface area contributed by atoms with Crippen LogP contribution in [0.3, 0.4) is 0 Å². The van der Waals surface area contributed by atoms with Crippen LogP contribution in [0.1, 0.15) is 19.8 Å². The molecule has 1 atom stereocenters. The van der Waals surface area contributed by atoms with Gasteiger partial charge in [0.05, 0.1) is 0 Å². The fourth-order valence-corrected chi connectivity index (χ4v) is 2.64. The molecule has 7 nitrogen and oxygen atoms in total. The Labute approximate surface area is 118 Å². The van der Waals surface area contributed by atoms with E-state index in [-0.39, 0.29) is 11.8 Å². The summed E-state index contributed by atoms with van der Waals surface area (Å²) in [5.74, 6) is -0.951. The number of piperazine rings is 1. The molecule has 1 unspecified atom stereocenters. The fourth-order valence-electron chi connectivity index (χ4n) is 2.64. The Morgan fingerprint density at radius 2 is 1.65 bits per heavy atom. The van der Waals surface area contributed by atoms with Crippen molar-refractivity contribution in [1.82, 2.24) is 14.7 Å². The SMILES string of the molecule is CC(C(=O)O)N1CCN(CCN2C(=O)CCC2=O)CC1. The lowest BCUT2D eigenvalue weighted by Gasteiger charge is -2.36. The molecule has 7 heteroatoms. The Bertz CT molecular complexity index is 388. The van der Waals surface area contributed by atoms with E-state index < -0.39 is 12.0 Å². The van der Waals surface area contributed by atoms with Crippen LogP contribution in [0.2, 0.25) is 0 Å². The highest BCUT2D eigenvalue weighted by atomic mass is 16.4. The van der Waals surface area contributed by atoms with Crippen LogP contribution >= 0.6 is 0 Å². The normalized spacial score (nSPS) is 23.4. The topological polar surface area (TPSA) is 81.2 Å². The second kappa shape index (κ2) is 6.32. The highest BCUT2D eigenvalue weighted by Gasteiger charge is 2.30. The third kappa shape index (κ3) is 3.34. The standard InChI is InChI=1S/C13H21N3O4/c1-10(13(19)20)15-7-4-14(5-8-15)6-9-16-11(17)2-3-12(16)18/h10H,2-9H2,1H3,(H,19,20). The molecule has 2 fully saturated rings. The molecular formula is C13H21N3O4. The summed E-state index contributed by atoms with van der Waals surface area (Å²) in [5.41, 5.74) is 0. The average molecular weight is 283 g/mol. The first kappa shape index (κ1) is 14.9. The number of nitrogens with zero attached hydrogens (tertiary/aromatic N) is 3. The van der Waals surface area contributed by atoms with Gasteiger partial charge in [-0.15, -0.1) is 0 Å². The molecule has 2 rings (SSSR count). The zero-order chi connectivity index (χ0) is 14.7. The lowest BCUT2D eigenvalue weighted by molar-refractivity contribution is -0.144. The number of likely N-dealkylation sites (tertiary alicyclic amines) is 1. The van der Waals surface area contributed by atoms with E-state index in [4.69, 9.17) is 5.11 Å². The van der Waals surface area contributed by atoms with Crippen molar-refractivity contribution in [1.29, 1.82) is 0 Å². The van der Waals surface area contributed by atoms with Crippen LogP contribution in [-0.2, 0) is 14.4 Å². The van der Waals surface area contributed by atoms with E-state index in [9.17, 15) is 14.4 Å². The van der Waals surface area contributed by atoms with E-state index in [0.717, 1.165) is 13.1 Å². The molecule has 0 saturated carbocycles. The van der Waals surface area contributed by atoms with E-state index in [1.54, 1.807) is 6.92 Å². The van der Waals surface area contributed by atoms with Crippen molar-refractivity contribution < 1.29 is 19.5 Å². The second-order valence-electron chi connectivity index (χ2n) is 5.33. The van der Waals surface area contributed by atoms with Crippen molar-refractivity contribution in [3.8, 4) is 0 Å². The summed E-state index contributed by atoms with van der Waals surface area (Å²) in [6.07, 6.45) is 0.672. The van der Waals surface area contributed by atoms with Crippen LogP contribution in [0.25, 0.3) is 0 Å². The monoisotopic (exact) mass is 283 g/mol. The predicted octanol–water partition coefficient (Wildman–Crippen LogP) is -0.774. The van der Waals surface area contributed by atoms with E-state index in [0.29, 0.717) is 39.0 Å². The van der Waals surface area contributed by atoms with Crippen LogP contribution in [0.15, 0.2) is 0 Å². The van der Waals surface area contributed by atoms with Gasteiger partial charge in [0.2, 0.25) is 11.8 Å². The van der Waals surface area contributed by atoms with Gasteiger partial charge in [-0.3, -0.25) is 29.1 Å². The largest absolute Gasteiger partial charge is 0.480 e. The average Bonchev–Trinajstić information content (AvgIpc) is 2.75. The summed E-state index contributed by atoms with van der Waals surface area (Å²) in [7, 11) is 0. The molecular weight excluding hydrogens is 262 g/mol. The molecule has 2 amide bonds. The number of rotatable bonds is 5. The van der Waals surface area contributed by atoms with Crippen molar-refractivity contribution in [2.24, 2.45) is 0 Å². The summed E-state index contributed by atoms with van der Waals surface area (Å²) in [4.78, 5) is 39.3. The van der Waals surface area contributed by atoms with E-state index >= 15 is 0 Å². The van der Waals surface area contributed by atoms with Gasteiger partial charge in [0.25, 0.3) is 0 Å². The summed E-state index contributed by atoms with van der Waals surface area (Å²) in [5, 5.41) is 8.97. The van der Waals surface area contributed by atoms with Gasteiger partial charge in [-0.2, -0.15) is 0 Å². The number of imide groups is 1. The molecule has 0 radical (unpaired) electrons. The van der Waals surface area contributed by atoms with Crippen molar-refractivity contribution in [3.05, 3.63) is 0 Å². The Morgan fingerprint density at radius 3 is 2.15 bits per heavy atom. The third-order valence-corrected chi connectivity index (χ3v) is 4.11. The lowest BCUT2D eigenvalue weighted by atomic mass is 10.2. The highest BCUT2D eigenvalue weighted by molar-refractivity contribution is 6.01. The van der Waals surface area contributed by atoms with Crippen molar-refractivity contribution in [2.75, 3.05) is 39.3 Å². The fraction of sp³-hybridized carbons (Fsp3) is 0.769. The molecule has 112 valence electrons. The number of aliphatic carboxylic acids is 1. The van der Waals surface area contributed by atoms with E-state index in [1.165, 1.54) is 4.90 Å². The molecule has 0 aromatic heterocycles. The summed E-state index contributed by atoms with van der Waals surface area (Å²) in [6, 6.07) is -0.459. The van der Waals surface area contributed by atoms with Gasteiger partial charge in [0, 0.05) is 52.1 Å². The maximum atomic E-state index is 11.5. The van der Waals surface area contributed by atoms with Gasteiger partial charge in [-0.1, -0.05) is 0 Å². The molecule has 2 aliphatic rings. The van der Waals surface area contributed by atoms with Gasteiger partial charge in [0.1, 0.15) is 6.04 Å². The van der Waals surface area contributed by atoms with E-state index in [2.05, 4.69) is 4.90 Å². The Morgan fingerprint density at radius 1 is 1.10 bits per heavy atom. The Balaban J connectivity index is 1.73. The predicted molar refractivity (Wildman–Crippen MR) is 71.1 cm³/mol. The van der Waals surface area contributed by atoms with Crippen LogP contribution in [0.4, 0.5) is 0 Å². The molecule has 1 N–H and O–H groups in total. The van der Waals surface area contributed by atoms with Gasteiger partial charge < -0.3 is 5.11 Å². The molecule has 0 aromatic carbocycles. The summed E-state index contributed by atoms with van der Waals surface area (Å²) < 4.78 is 0. The molecule has 0 spiro atoms. The minimum atomic E-state index is -0.799. The quantitative estimate of drug-likeness (QED) is 0.667. The zero-order valence-electron chi connectivity index (χ0n) is 11.7. The molecule has 0 bridgehead atoms. The number of carboxylic acids is 1. The van der Waals surface area contributed by atoms with E-state index in [1.807, 2.05) is 4.90 Å². The first-order valence-electron chi connectivity index (χ1n) is 7.01. The molecule has 2 aliphatic heterocycles. The first-order valence-corrected chi connectivity index (χ1v) is 7.01. The van der Waals surface area contributed by atoms with Crippen LogP contribution in [0.5, 0.6) is 0 Å². The minimum absolute atomic E-state index is 0.0758. The first-order chi connectivity index (χ1) is 9.49. The minimum Gasteiger partial charge on any atom is -0.480 e. The molecule has 0 aromatic rings. The highest BCUT2D eigenvalue weighted by Crippen LogP contribution is 2.12. The molecule has 0 aliphatic carbocycles. The Hall–Kier alpha value is -1.47. The van der Waals surface area contributed by atoms with Crippen LogP contribution in [-0.4, -0.2) is 82.9 Å². The van der Waals surface area contributed by atoms with Gasteiger partial charge in [-0.05, 0) is 6.92 Å². The van der Waals surface area contributed by atoms with Crippen molar-refractivity contribution in [3.63, 3.8) is 0 Å².